The van der Waals surface area contributed by atoms with E-state index in [1.165, 1.54) is 54.9 Å². The van der Waals surface area contributed by atoms with Crippen molar-refractivity contribution < 1.29 is 0 Å². The van der Waals surface area contributed by atoms with Gasteiger partial charge in [0.2, 0.25) is 6.71 Å². The number of benzene rings is 8. The lowest BCUT2D eigenvalue weighted by molar-refractivity contribution is 1.27. The maximum Gasteiger partial charge on any atom is 0.249 e. The molecule has 9 rings (SSSR count). The van der Waals surface area contributed by atoms with Crippen LogP contribution in [0.15, 0.2) is 180 Å². The summed E-state index contributed by atoms with van der Waals surface area (Å²) in [5.74, 6) is 0. The molecule has 0 unspecified atom stereocenters. The van der Waals surface area contributed by atoms with Crippen molar-refractivity contribution in [1.29, 1.82) is 0 Å². The molecule has 0 bridgehead atoms. The fourth-order valence-corrected chi connectivity index (χ4v) is 8.28. The molecule has 232 valence electrons. The highest BCUT2D eigenvalue weighted by atomic mass is 79.9. The molecule has 0 N–H and O–H groups in total. The smallest absolute Gasteiger partial charge is 0.249 e. The van der Waals surface area contributed by atoms with Crippen molar-refractivity contribution in [2.24, 2.45) is 0 Å². The number of para-hydroxylation sites is 3. The Bertz CT molecular complexity index is 2480. The molecule has 0 amide bonds. The van der Waals surface area contributed by atoms with E-state index in [0.29, 0.717) is 0 Å². The molecule has 1 aliphatic rings. The van der Waals surface area contributed by atoms with E-state index < -0.39 is 0 Å². The third-order valence-corrected chi connectivity index (χ3v) is 10.6. The van der Waals surface area contributed by atoms with Crippen molar-refractivity contribution in [3.05, 3.63) is 186 Å². The predicted molar refractivity (Wildman–Crippen MR) is 214 cm³/mol. The van der Waals surface area contributed by atoms with Crippen molar-refractivity contribution in [3.8, 4) is 0 Å². The average Bonchev–Trinajstić information content (AvgIpc) is 3.15. The SMILES string of the molecule is Cc1ccc(N(c2ccccc2)c2cc3ccccc3c(B3c4ccccc4N(c4ccccc4)c4cc5ccccc5cc43)c2Br)cc1. The summed E-state index contributed by atoms with van der Waals surface area (Å²) < 4.78 is 1.09. The second-order valence-electron chi connectivity index (χ2n) is 12.8. The largest absolute Gasteiger partial charge is 0.312 e. The molecule has 0 spiro atoms. The first-order chi connectivity index (χ1) is 24.2. The van der Waals surface area contributed by atoms with E-state index in [1.54, 1.807) is 0 Å². The highest BCUT2D eigenvalue weighted by Crippen LogP contribution is 2.42. The first-order valence-corrected chi connectivity index (χ1v) is 17.5. The van der Waals surface area contributed by atoms with Crippen LogP contribution in [0, 0.1) is 6.92 Å². The minimum absolute atomic E-state index is 0.0364. The summed E-state index contributed by atoms with van der Waals surface area (Å²) in [5.41, 5.74) is 11.9. The van der Waals surface area contributed by atoms with Crippen molar-refractivity contribution in [3.63, 3.8) is 0 Å². The lowest BCUT2D eigenvalue weighted by Crippen LogP contribution is -2.58. The summed E-state index contributed by atoms with van der Waals surface area (Å²) in [5, 5.41) is 4.91. The third-order valence-electron chi connectivity index (χ3n) is 9.79. The Morgan fingerprint density at radius 3 is 1.86 bits per heavy atom. The minimum atomic E-state index is -0.0364. The Balaban J connectivity index is 1.38. The Hall–Kier alpha value is -5.58. The fraction of sp³-hybridized carbons (Fsp3) is 0.0222. The zero-order valence-corrected chi connectivity index (χ0v) is 28.7. The number of hydrogen-bond donors (Lipinski definition) is 0. The van der Waals surface area contributed by atoms with E-state index in [1.807, 2.05) is 0 Å². The van der Waals surface area contributed by atoms with E-state index in [9.17, 15) is 0 Å². The van der Waals surface area contributed by atoms with Crippen LogP contribution in [0.4, 0.5) is 34.1 Å². The average molecular weight is 691 g/mol. The molecule has 0 fully saturated rings. The molecule has 2 nitrogen and oxygen atoms in total. The molecule has 0 atom stereocenters. The highest BCUT2D eigenvalue weighted by molar-refractivity contribution is 9.10. The zero-order valence-electron chi connectivity index (χ0n) is 27.1. The Kier molecular flexibility index (Phi) is 7.33. The molecular weight excluding hydrogens is 659 g/mol. The van der Waals surface area contributed by atoms with Crippen molar-refractivity contribution in [2.45, 2.75) is 6.92 Å². The van der Waals surface area contributed by atoms with Crippen molar-refractivity contribution in [2.75, 3.05) is 9.80 Å². The summed E-state index contributed by atoms with van der Waals surface area (Å²) in [6, 6.07) is 63.9. The van der Waals surface area contributed by atoms with Gasteiger partial charge in [-0.15, -0.1) is 0 Å². The van der Waals surface area contributed by atoms with Gasteiger partial charge >= 0.3 is 0 Å². The molecule has 0 aliphatic carbocycles. The molecule has 1 heterocycles. The predicted octanol–water partition coefficient (Wildman–Crippen LogP) is 10.8. The third kappa shape index (κ3) is 5.03. The van der Waals surface area contributed by atoms with Crippen molar-refractivity contribution >= 4 is 94.7 Å². The first-order valence-electron chi connectivity index (χ1n) is 16.8. The van der Waals surface area contributed by atoms with E-state index in [4.69, 9.17) is 0 Å². The standard InChI is InChI=1S/C45H32BBrN2/c1-31-24-26-37(27-25-31)48(35-17-4-2-5-18-35)43-30-34-16-10-11-21-38(34)44(45(43)47)46-39-22-12-13-23-41(39)49(36-19-6-3-7-20-36)42-29-33-15-9-8-14-32(33)28-40(42)46/h2-30H,1H3. The molecule has 49 heavy (non-hydrogen) atoms. The monoisotopic (exact) mass is 690 g/mol. The van der Waals surface area contributed by atoms with Gasteiger partial charge in [0, 0.05) is 32.9 Å². The molecule has 0 radical (unpaired) electrons. The second-order valence-corrected chi connectivity index (χ2v) is 13.6. The van der Waals surface area contributed by atoms with Gasteiger partial charge in [-0.25, -0.2) is 0 Å². The molecule has 0 saturated carbocycles. The van der Waals surface area contributed by atoms with Gasteiger partial charge in [0.25, 0.3) is 0 Å². The lowest BCUT2D eigenvalue weighted by Gasteiger charge is -2.38. The number of anilines is 6. The maximum atomic E-state index is 4.31. The normalized spacial score (nSPS) is 12.2. The van der Waals surface area contributed by atoms with E-state index in [-0.39, 0.29) is 6.71 Å². The molecule has 8 aromatic carbocycles. The van der Waals surface area contributed by atoms with Gasteiger partial charge in [0.15, 0.2) is 0 Å². The van der Waals surface area contributed by atoms with Crippen LogP contribution in [0.25, 0.3) is 21.5 Å². The Labute approximate surface area is 296 Å². The fourth-order valence-electron chi connectivity index (χ4n) is 7.55. The van der Waals surface area contributed by atoms with Gasteiger partial charge in [-0.05, 0) is 115 Å². The first kappa shape index (κ1) is 29.6. The molecule has 1 aliphatic heterocycles. The van der Waals surface area contributed by atoms with Crippen LogP contribution >= 0.6 is 15.9 Å². The van der Waals surface area contributed by atoms with Crippen LogP contribution in [-0.2, 0) is 0 Å². The van der Waals surface area contributed by atoms with E-state index in [2.05, 4.69) is 209 Å². The van der Waals surface area contributed by atoms with Crippen LogP contribution in [0.3, 0.4) is 0 Å². The summed E-state index contributed by atoms with van der Waals surface area (Å²) in [6.45, 7) is 2.10. The quantitative estimate of drug-likeness (QED) is 0.166. The van der Waals surface area contributed by atoms with Gasteiger partial charge in [0.05, 0.1) is 5.69 Å². The van der Waals surface area contributed by atoms with Gasteiger partial charge in [-0.2, -0.15) is 0 Å². The topological polar surface area (TPSA) is 6.48 Å². The van der Waals surface area contributed by atoms with Crippen molar-refractivity contribution in [1.82, 2.24) is 0 Å². The number of halogens is 1. The zero-order chi connectivity index (χ0) is 32.9. The summed E-state index contributed by atoms with van der Waals surface area (Å²) in [7, 11) is 0. The molecule has 8 aromatic rings. The van der Waals surface area contributed by atoms with E-state index >= 15 is 0 Å². The summed E-state index contributed by atoms with van der Waals surface area (Å²) in [4.78, 5) is 4.82. The molecular formula is C45H32BBrN2. The number of nitrogens with zero attached hydrogens (tertiary/aromatic N) is 2. The highest BCUT2D eigenvalue weighted by Gasteiger charge is 2.38. The maximum absolute atomic E-state index is 4.31. The van der Waals surface area contributed by atoms with Crippen LogP contribution in [0.2, 0.25) is 0 Å². The second kappa shape index (κ2) is 12.1. The van der Waals surface area contributed by atoms with Gasteiger partial charge in [-0.1, -0.05) is 127 Å². The van der Waals surface area contributed by atoms with Crippen LogP contribution in [-0.4, -0.2) is 6.71 Å². The van der Waals surface area contributed by atoms with Gasteiger partial charge in [-0.3, -0.25) is 0 Å². The van der Waals surface area contributed by atoms with E-state index in [0.717, 1.165) is 27.2 Å². The summed E-state index contributed by atoms with van der Waals surface area (Å²) in [6.07, 6.45) is 0. The van der Waals surface area contributed by atoms with Crippen LogP contribution < -0.4 is 26.2 Å². The molecule has 4 heteroatoms. The lowest BCUT2D eigenvalue weighted by atomic mass is 9.34. The number of rotatable bonds is 5. The van der Waals surface area contributed by atoms with Gasteiger partial charge < -0.3 is 9.80 Å². The number of aryl methyl sites for hydroxylation is 1. The molecule has 0 saturated heterocycles. The number of fused-ring (bicyclic) bond motifs is 4. The van der Waals surface area contributed by atoms with Crippen LogP contribution in [0.5, 0.6) is 0 Å². The molecule has 0 aromatic heterocycles. The van der Waals surface area contributed by atoms with Crippen LogP contribution in [0.1, 0.15) is 5.56 Å². The van der Waals surface area contributed by atoms with Gasteiger partial charge in [0.1, 0.15) is 0 Å². The number of hydrogen-bond acceptors (Lipinski definition) is 2. The Morgan fingerprint density at radius 1 is 0.510 bits per heavy atom. The Morgan fingerprint density at radius 2 is 1.10 bits per heavy atom. The minimum Gasteiger partial charge on any atom is -0.312 e. The summed E-state index contributed by atoms with van der Waals surface area (Å²) >= 11 is 4.31.